The first-order chi connectivity index (χ1) is 21.3. The Labute approximate surface area is 248 Å². The van der Waals surface area contributed by atoms with Gasteiger partial charge in [0.15, 0.2) is 5.84 Å². The minimum Gasteiger partial charge on any atom is -0.455 e. The normalized spacial score (nSPS) is 14.7. The van der Waals surface area contributed by atoms with E-state index in [-0.39, 0.29) is 6.17 Å². The number of aliphatic imine (C=N–C) groups is 2. The van der Waals surface area contributed by atoms with Gasteiger partial charge in [0.25, 0.3) is 0 Å². The molecule has 0 amide bonds. The van der Waals surface area contributed by atoms with Gasteiger partial charge in [0.05, 0.1) is 0 Å². The summed E-state index contributed by atoms with van der Waals surface area (Å²) < 4.78 is 6.64. The standard InChI is InChI=1S/C37H25N5O/c1-3-8-26(9-4-1)35-40-36(27-10-5-2-6-11-27)42-37(41-35)29-12-7-13-32-33(29)31-23-28(24-14-18-38-19-15-24)22-30(34(31)43-32)25-16-20-39-21-17-25/h1-23,37H,(H,40,41,42). The van der Waals surface area contributed by atoms with Crippen LogP contribution in [-0.2, 0) is 0 Å². The summed E-state index contributed by atoms with van der Waals surface area (Å²) in [5, 5.41) is 5.67. The van der Waals surface area contributed by atoms with Crippen molar-refractivity contribution < 1.29 is 4.42 Å². The molecule has 0 radical (unpaired) electrons. The number of nitrogens with zero attached hydrogens (tertiary/aromatic N) is 4. The molecule has 0 spiro atoms. The fraction of sp³-hybridized carbons (Fsp3) is 0.0270. The minimum atomic E-state index is -0.388. The van der Waals surface area contributed by atoms with Gasteiger partial charge in [-0.3, -0.25) is 9.97 Å². The Bertz CT molecular complexity index is 2140. The molecule has 43 heavy (non-hydrogen) atoms. The molecule has 1 unspecified atom stereocenters. The second kappa shape index (κ2) is 10.5. The van der Waals surface area contributed by atoms with Gasteiger partial charge in [-0.1, -0.05) is 72.8 Å². The van der Waals surface area contributed by atoms with Crippen molar-refractivity contribution in [3.05, 3.63) is 157 Å². The van der Waals surface area contributed by atoms with Gasteiger partial charge in [-0.15, -0.1) is 0 Å². The zero-order chi connectivity index (χ0) is 28.6. The lowest BCUT2D eigenvalue weighted by molar-refractivity contribution is 0.663. The average molecular weight is 556 g/mol. The highest BCUT2D eigenvalue weighted by Gasteiger charge is 2.25. The highest BCUT2D eigenvalue weighted by molar-refractivity contribution is 6.15. The fourth-order valence-corrected chi connectivity index (χ4v) is 5.71. The Balaban J connectivity index is 1.37. The van der Waals surface area contributed by atoms with Crippen molar-refractivity contribution in [2.75, 3.05) is 0 Å². The third kappa shape index (κ3) is 4.55. The van der Waals surface area contributed by atoms with Gasteiger partial charge in [0.2, 0.25) is 0 Å². The summed E-state index contributed by atoms with van der Waals surface area (Å²) in [5.41, 5.74) is 8.81. The predicted molar refractivity (Wildman–Crippen MR) is 172 cm³/mol. The maximum absolute atomic E-state index is 6.64. The van der Waals surface area contributed by atoms with Crippen LogP contribution in [0.2, 0.25) is 0 Å². The van der Waals surface area contributed by atoms with Crippen LogP contribution in [0.1, 0.15) is 22.9 Å². The molecule has 0 bridgehead atoms. The lowest BCUT2D eigenvalue weighted by Crippen LogP contribution is -2.33. The molecule has 3 aromatic heterocycles. The summed E-state index contributed by atoms with van der Waals surface area (Å²) in [7, 11) is 0. The number of aromatic nitrogens is 2. The van der Waals surface area contributed by atoms with E-state index in [2.05, 4.69) is 45.6 Å². The molecule has 0 fully saturated rings. The van der Waals surface area contributed by atoms with E-state index in [1.807, 2.05) is 110 Å². The number of nitrogens with one attached hydrogen (secondary N) is 1. The van der Waals surface area contributed by atoms with E-state index in [9.17, 15) is 0 Å². The number of fused-ring (bicyclic) bond motifs is 3. The van der Waals surface area contributed by atoms with Gasteiger partial charge in [-0.25, -0.2) is 9.98 Å². The summed E-state index contributed by atoms with van der Waals surface area (Å²) >= 11 is 0. The van der Waals surface area contributed by atoms with E-state index in [1.54, 1.807) is 0 Å². The first-order valence-corrected chi connectivity index (χ1v) is 14.2. The summed E-state index contributed by atoms with van der Waals surface area (Å²) in [4.78, 5) is 18.6. The molecule has 4 aromatic carbocycles. The van der Waals surface area contributed by atoms with Crippen LogP contribution < -0.4 is 5.32 Å². The number of amidine groups is 2. The molecule has 7 aromatic rings. The fourth-order valence-electron chi connectivity index (χ4n) is 5.71. The molecule has 1 atom stereocenters. The van der Waals surface area contributed by atoms with Crippen LogP contribution in [0.15, 0.2) is 154 Å². The van der Waals surface area contributed by atoms with Crippen LogP contribution in [0, 0.1) is 0 Å². The number of pyridine rings is 2. The highest BCUT2D eigenvalue weighted by atomic mass is 16.3. The van der Waals surface area contributed by atoms with Gasteiger partial charge in [0, 0.05) is 57.8 Å². The van der Waals surface area contributed by atoms with Crippen LogP contribution >= 0.6 is 0 Å². The first kappa shape index (κ1) is 24.9. The molecule has 1 aliphatic rings. The van der Waals surface area contributed by atoms with Gasteiger partial charge < -0.3 is 9.73 Å². The zero-order valence-corrected chi connectivity index (χ0v) is 23.1. The largest absolute Gasteiger partial charge is 0.455 e. The lowest BCUT2D eigenvalue weighted by Gasteiger charge is -2.24. The molecule has 6 heteroatoms. The van der Waals surface area contributed by atoms with Crippen LogP contribution in [0.25, 0.3) is 44.2 Å². The number of hydrogen-bond donors (Lipinski definition) is 1. The molecule has 6 nitrogen and oxygen atoms in total. The topological polar surface area (TPSA) is 75.7 Å². The lowest BCUT2D eigenvalue weighted by atomic mass is 9.95. The smallest absolute Gasteiger partial charge is 0.159 e. The van der Waals surface area contributed by atoms with E-state index in [4.69, 9.17) is 14.4 Å². The zero-order valence-electron chi connectivity index (χ0n) is 23.1. The molecule has 1 N–H and O–H groups in total. The molecule has 8 rings (SSSR count). The third-order valence-electron chi connectivity index (χ3n) is 7.75. The second-order valence-electron chi connectivity index (χ2n) is 10.4. The Morgan fingerprint density at radius 2 is 1.26 bits per heavy atom. The summed E-state index contributed by atoms with van der Waals surface area (Å²) in [6.07, 6.45) is 6.87. The van der Waals surface area contributed by atoms with Crippen molar-refractivity contribution in [3.8, 4) is 22.3 Å². The molecule has 0 saturated heterocycles. The number of furan rings is 1. The maximum Gasteiger partial charge on any atom is 0.159 e. The summed E-state index contributed by atoms with van der Waals surface area (Å²) in [6.45, 7) is 0. The quantitative estimate of drug-likeness (QED) is 0.232. The Kier molecular flexibility index (Phi) is 6.08. The predicted octanol–water partition coefficient (Wildman–Crippen LogP) is 8.21. The molecule has 0 aliphatic carbocycles. The van der Waals surface area contributed by atoms with Crippen LogP contribution in [0.5, 0.6) is 0 Å². The van der Waals surface area contributed by atoms with E-state index in [0.29, 0.717) is 5.84 Å². The van der Waals surface area contributed by atoms with Crippen LogP contribution in [0.4, 0.5) is 0 Å². The highest BCUT2D eigenvalue weighted by Crippen LogP contribution is 2.42. The van der Waals surface area contributed by atoms with E-state index in [0.717, 1.165) is 66.7 Å². The third-order valence-corrected chi connectivity index (χ3v) is 7.75. The van der Waals surface area contributed by atoms with Crippen molar-refractivity contribution in [2.45, 2.75) is 6.17 Å². The van der Waals surface area contributed by atoms with Crippen molar-refractivity contribution >= 4 is 33.6 Å². The van der Waals surface area contributed by atoms with Crippen molar-refractivity contribution in [2.24, 2.45) is 9.98 Å². The van der Waals surface area contributed by atoms with Gasteiger partial charge in [-0.2, -0.15) is 0 Å². The maximum atomic E-state index is 6.64. The molecular formula is C37H25N5O. The summed E-state index contributed by atoms with van der Waals surface area (Å²) in [5.74, 6) is 1.46. The monoisotopic (exact) mass is 555 g/mol. The molecule has 1 aliphatic heterocycles. The van der Waals surface area contributed by atoms with Gasteiger partial charge >= 0.3 is 0 Å². The van der Waals surface area contributed by atoms with Crippen molar-refractivity contribution in [1.82, 2.24) is 15.3 Å². The number of benzene rings is 4. The van der Waals surface area contributed by atoms with E-state index < -0.39 is 0 Å². The first-order valence-electron chi connectivity index (χ1n) is 14.2. The SMILES string of the molecule is c1ccc(C2=NC(c3cccc4oc5c(-c6ccncc6)cc(-c6ccncc6)cc5c34)NC(c3ccccc3)=N2)cc1. The van der Waals surface area contributed by atoms with E-state index in [1.165, 1.54) is 0 Å². The van der Waals surface area contributed by atoms with Crippen molar-refractivity contribution in [1.29, 1.82) is 0 Å². The Morgan fingerprint density at radius 1 is 0.581 bits per heavy atom. The van der Waals surface area contributed by atoms with Gasteiger partial charge in [-0.05, 0) is 59.2 Å². The minimum absolute atomic E-state index is 0.388. The molecule has 4 heterocycles. The second-order valence-corrected chi connectivity index (χ2v) is 10.4. The summed E-state index contributed by atoms with van der Waals surface area (Å²) in [6, 6.07) is 39.0. The molecular weight excluding hydrogens is 530 g/mol. The van der Waals surface area contributed by atoms with Crippen molar-refractivity contribution in [3.63, 3.8) is 0 Å². The Hall–Kier alpha value is -5.88. The average Bonchev–Trinajstić information content (AvgIpc) is 3.48. The van der Waals surface area contributed by atoms with Crippen LogP contribution in [0.3, 0.4) is 0 Å². The molecule has 204 valence electrons. The van der Waals surface area contributed by atoms with Crippen LogP contribution in [-0.4, -0.2) is 21.6 Å². The number of rotatable bonds is 5. The van der Waals surface area contributed by atoms with Gasteiger partial charge in [0.1, 0.15) is 23.2 Å². The number of hydrogen-bond acceptors (Lipinski definition) is 6. The Morgan fingerprint density at radius 3 is 1.98 bits per heavy atom. The molecule has 0 saturated carbocycles. The van der Waals surface area contributed by atoms with E-state index >= 15 is 0 Å².